The van der Waals surface area contributed by atoms with E-state index in [2.05, 4.69) is 10.5 Å². The minimum Gasteiger partial charge on any atom is -0.363 e. The summed E-state index contributed by atoms with van der Waals surface area (Å²) in [6, 6.07) is 4.87. The van der Waals surface area contributed by atoms with E-state index in [1.54, 1.807) is 26.8 Å². The minimum absolute atomic E-state index is 0.0140. The number of carbonyl (C=O) groups excluding carboxylic acids is 2. The number of anilines is 2. The Balaban J connectivity index is 2.04. The van der Waals surface area contributed by atoms with Crippen LogP contribution in [0, 0.1) is 27.7 Å². The standard InChI is InChI=1S/C22H25N3O6S2/c1-12-9-13(2)19(17(10-12)16(5)26)23-21(27)20-18(7-8-32-20)33(28,29)25(11-30-6)22-14(3)15(4)24-31-22/h7-10H,11H2,1-6H3,(H,23,27). The Labute approximate surface area is 196 Å². The van der Waals surface area contributed by atoms with Crippen LogP contribution in [0.15, 0.2) is 33.0 Å². The zero-order valence-electron chi connectivity index (χ0n) is 19.2. The van der Waals surface area contributed by atoms with Crippen LogP contribution in [0.1, 0.15) is 49.3 Å². The maximum Gasteiger partial charge on any atom is 0.270 e. The summed E-state index contributed by atoms with van der Waals surface area (Å²) in [5.41, 5.74) is 3.36. The summed E-state index contributed by atoms with van der Waals surface area (Å²) in [6.07, 6.45) is 0. The maximum atomic E-state index is 13.5. The Morgan fingerprint density at radius 1 is 1.21 bits per heavy atom. The van der Waals surface area contributed by atoms with Gasteiger partial charge in [-0.05, 0) is 63.3 Å². The molecule has 2 heterocycles. The number of sulfonamides is 1. The topological polar surface area (TPSA) is 119 Å². The normalized spacial score (nSPS) is 11.5. The lowest BCUT2D eigenvalue weighted by molar-refractivity contribution is 0.101. The molecule has 0 unspecified atom stereocenters. The van der Waals surface area contributed by atoms with Crippen molar-refractivity contribution < 1.29 is 27.3 Å². The van der Waals surface area contributed by atoms with Gasteiger partial charge in [-0.15, -0.1) is 11.3 Å². The summed E-state index contributed by atoms with van der Waals surface area (Å²) in [7, 11) is -2.88. The van der Waals surface area contributed by atoms with E-state index in [1.165, 1.54) is 25.5 Å². The highest BCUT2D eigenvalue weighted by Gasteiger charge is 2.34. The number of aryl methyl sites for hydroxylation is 3. The highest BCUT2D eigenvalue weighted by atomic mass is 32.2. The van der Waals surface area contributed by atoms with E-state index < -0.39 is 15.9 Å². The Bertz CT molecular complexity index is 1320. The van der Waals surface area contributed by atoms with E-state index in [0.29, 0.717) is 28.1 Å². The molecular weight excluding hydrogens is 466 g/mol. The number of aromatic nitrogens is 1. The van der Waals surface area contributed by atoms with Crippen molar-refractivity contribution in [1.82, 2.24) is 5.16 Å². The molecule has 33 heavy (non-hydrogen) atoms. The average molecular weight is 492 g/mol. The number of thiophene rings is 1. The number of ether oxygens (including phenoxy) is 1. The first-order chi connectivity index (χ1) is 15.5. The zero-order chi connectivity index (χ0) is 24.5. The lowest BCUT2D eigenvalue weighted by Crippen LogP contribution is -2.34. The minimum atomic E-state index is -4.24. The number of benzene rings is 1. The van der Waals surface area contributed by atoms with Crippen LogP contribution in [0.2, 0.25) is 0 Å². The molecule has 1 N–H and O–H groups in total. The van der Waals surface area contributed by atoms with Crippen LogP contribution in [0.4, 0.5) is 11.6 Å². The van der Waals surface area contributed by atoms with Gasteiger partial charge in [0, 0.05) is 18.2 Å². The first kappa shape index (κ1) is 24.6. The number of ketones is 1. The number of rotatable bonds is 8. The molecule has 0 bridgehead atoms. The van der Waals surface area contributed by atoms with Crippen LogP contribution in [0.3, 0.4) is 0 Å². The Morgan fingerprint density at radius 3 is 2.48 bits per heavy atom. The maximum absolute atomic E-state index is 13.5. The number of nitrogens with one attached hydrogen (secondary N) is 1. The van der Waals surface area contributed by atoms with E-state index in [1.807, 2.05) is 13.0 Å². The molecule has 0 aliphatic rings. The third-order valence-electron chi connectivity index (χ3n) is 5.11. The lowest BCUT2D eigenvalue weighted by Gasteiger charge is -2.21. The number of methoxy groups -OCH3 is 1. The van der Waals surface area contributed by atoms with Crippen LogP contribution in [0.5, 0.6) is 0 Å². The largest absolute Gasteiger partial charge is 0.363 e. The van der Waals surface area contributed by atoms with Gasteiger partial charge >= 0.3 is 0 Å². The second-order valence-corrected chi connectivity index (χ2v) is 10.3. The van der Waals surface area contributed by atoms with Crippen molar-refractivity contribution in [2.45, 2.75) is 39.5 Å². The fourth-order valence-corrected chi connectivity index (χ4v) is 6.02. The van der Waals surface area contributed by atoms with Crippen LogP contribution >= 0.6 is 11.3 Å². The smallest absolute Gasteiger partial charge is 0.270 e. The van der Waals surface area contributed by atoms with Crippen molar-refractivity contribution in [2.75, 3.05) is 23.5 Å². The molecule has 0 radical (unpaired) electrons. The predicted molar refractivity (Wildman–Crippen MR) is 126 cm³/mol. The fourth-order valence-electron chi connectivity index (χ4n) is 3.36. The highest BCUT2D eigenvalue weighted by Crippen LogP contribution is 2.33. The molecule has 3 rings (SSSR count). The van der Waals surface area contributed by atoms with Gasteiger partial charge in [0.2, 0.25) is 5.88 Å². The molecule has 2 aromatic heterocycles. The molecule has 0 fully saturated rings. The molecule has 1 amide bonds. The van der Waals surface area contributed by atoms with E-state index in [9.17, 15) is 18.0 Å². The summed E-state index contributed by atoms with van der Waals surface area (Å²) in [4.78, 5) is 25.1. The predicted octanol–water partition coefficient (Wildman–Crippen LogP) is 4.22. The van der Waals surface area contributed by atoms with Gasteiger partial charge in [-0.2, -0.15) is 0 Å². The van der Waals surface area contributed by atoms with E-state index in [0.717, 1.165) is 21.2 Å². The molecule has 9 nitrogen and oxygen atoms in total. The summed E-state index contributed by atoms with van der Waals surface area (Å²) in [5, 5.41) is 8.07. The van der Waals surface area contributed by atoms with Gasteiger partial charge in [-0.1, -0.05) is 11.2 Å². The van der Waals surface area contributed by atoms with Crippen molar-refractivity contribution in [3.8, 4) is 0 Å². The molecule has 11 heteroatoms. The first-order valence-corrected chi connectivity index (χ1v) is 12.3. The van der Waals surface area contributed by atoms with Crippen molar-refractivity contribution in [3.05, 3.63) is 56.4 Å². The first-order valence-electron chi connectivity index (χ1n) is 9.94. The van der Waals surface area contributed by atoms with Gasteiger partial charge in [0.25, 0.3) is 15.9 Å². The number of nitrogens with zero attached hydrogens (tertiary/aromatic N) is 2. The molecule has 0 atom stereocenters. The van der Waals surface area contributed by atoms with Crippen molar-refractivity contribution in [3.63, 3.8) is 0 Å². The summed E-state index contributed by atoms with van der Waals surface area (Å²) in [6.45, 7) is 8.09. The van der Waals surface area contributed by atoms with Crippen LogP contribution in [-0.4, -0.2) is 39.1 Å². The average Bonchev–Trinajstić information content (AvgIpc) is 3.36. The van der Waals surface area contributed by atoms with Crippen LogP contribution < -0.4 is 9.62 Å². The number of hydrogen-bond donors (Lipinski definition) is 1. The molecule has 1 aromatic carbocycles. The van der Waals surface area contributed by atoms with Crippen molar-refractivity contribution in [1.29, 1.82) is 0 Å². The summed E-state index contributed by atoms with van der Waals surface area (Å²) < 4.78 is 38.3. The SMILES string of the molecule is COCN(c1onc(C)c1C)S(=O)(=O)c1ccsc1C(=O)Nc1c(C)cc(C)cc1C(C)=O. The number of Topliss-reactive ketones (excluding diaryl/α,β-unsaturated/α-hetero) is 1. The molecular formula is C22H25N3O6S2. The molecule has 0 saturated heterocycles. The van der Waals surface area contributed by atoms with Crippen molar-refractivity contribution >= 4 is 44.6 Å². The van der Waals surface area contributed by atoms with Gasteiger partial charge < -0.3 is 14.6 Å². The quantitative estimate of drug-likeness (QED) is 0.370. The third-order valence-corrected chi connectivity index (χ3v) is 7.90. The molecule has 0 aliphatic carbocycles. The summed E-state index contributed by atoms with van der Waals surface area (Å²) >= 11 is 0.977. The molecule has 0 spiro atoms. The Morgan fingerprint density at radius 2 is 1.91 bits per heavy atom. The lowest BCUT2D eigenvalue weighted by atomic mass is 10.0. The Hall–Kier alpha value is -3.02. The fraction of sp³-hybridized carbons (Fsp3) is 0.318. The second kappa shape index (κ2) is 9.46. The highest BCUT2D eigenvalue weighted by molar-refractivity contribution is 7.93. The van der Waals surface area contributed by atoms with Gasteiger partial charge in [0.05, 0.1) is 11.4 Å². The van der Waals surface area contributed by atoms with Gasteiger partial charge in [0.1, 0.15) is 16.5 Å². The van der Waals surface area contributed by atoms with Gasteiger partial charge in [0.15, 0.2) is 5.78 Å². The number of carbonyl (C=O) groups is 2. The molecule has 176 valence electrons. The van der Waals surface area contributed by atoms with E-state index in [4.69, 9.17) is 9.26 Å². The van der Waals surface area contributed by atoms with Gasteiger partial charge in [-0.3, -0.25) is 9.59 Å². The van der Waals surface area contributed by atoms with Gasteiger partial charge in [-0.25, -0.2) is 12.7 Å². The van der Waals surface area contributed by atoms with Crippen LogP contribution in [0.25, 0.3) is 0 Å². The number of hydrogen-bond acceptors (Lipinski definition) is 8. The Kier molecular flexibility index (Phi) is 7.06. The zero-order valence-corrected chi connectivity index (χ0v) is 20.8. The second-order valence-electron chi connectivity index (χ2n) is 7.60. The molecule has 0 aliphatic heterocycles. The van der Waals surface area contributed by atoms with E-state index >= 15 is 0 Å². The third kappa shape index (κ3) is 4.70. The number of amides is 1. The van der Waals surface area contributed by atoms with Crippen molar-refractivity contribution in [2.24, 2.45) is 0 Å². The van der Waals surface area contributed by atoms with Crippen LogP contribution in [-0.2, 0) is 14.8 Å². The molecule has 3 aromatic rings. The summed E-state index contributed by atoms with van der Waals surface area (Å²) in [5.74, 6) is -0.834. The van der Waals surface area contributed by atoms with E-state index in [-0.39, 0.29) is 28.2 Å². The molecule has 0 saturated carbocycles. The monoisotopic (exact) mass is 491 g/mol.